The van der Waals surface area contributed by atoms with E-state index in [1.165, 1.54) is 0 Å². The number of hydrogen-bond donors (Lipinski definition) is 0. The normalized spacial score (nSPS) is 19.6. The Hall–Kier alpha value is -2.52. The maximum Gasteiger partial charge on any atom is 0.231 e. The summed E-state index contributed by atoms with van der Waals surface area (Å²) in [7, 11) is 0. The number of nitrogens with zero attached hydrogens (tertiary/aromatic N) is 4. The van der Waals surface area contributed by atoms with Crippen LogP contribution in [0.25, 0.3) is 0 Å². The van der Waals surface area contributed by atoms with Crippen LogP contribution in [0.2, 0.25) is 0 Å². The quantitative estimate of drug-likeness (QED) is 0.528. The average molecular weight is 443 g/mol. The van der Waals surface area contributed by atoms with Crippen molar-refractivity contribution in [3.63, 3.8) is 0 Å². The molecule has 0 aliphatic carbocycles. The summed E-state index contributed by atoms with van der Waals surface area (Å²) in [5.41, 5.74) is 0.701. The van der Waals surface area contributed by atoms with E-state index in [9.17, 15) is 4.79 Å². The molecule has 0 radical (unpaired) electrons. The van der Waals surface area contributed by atoms with Crippen LogP contribution in [0, 0.1) is 0 Å². The number of ether oxygens (including phenoxy) is 3. The Bertz CT molecular complexity index is 964. The van der Waals surface area contributed by atoms with Crippen molar-refractivity contribution >= 4 is 23.6 Å². The third kappa shape index (κ3) is 4.29. The molecule has 0 atom stereocenters. The molecule has 3 aliphatic heterocycles. The Balaban J connectivity index is 1.19. The molecular formula is C22H26N4O4S. The topological polar surface area (TPSA) is 77.0 Å². The fraction of sp³-hybridized carbons (Fsp3) is 0.500. The number of carbonyl (C=O) groups excluding carboxylic acids is 1. The molecule has 9 heteroatoms. The zero-order chi connectivity index (χ0) is 21.3. The largest absolute Gasteiger partial charge is 0.454 e. The van der Waals surface area contributed by atoms with Crippen LogP contribution < -0.4 is 14.4 Å². The van der Waals surface area contributed by atoms with Gasteiger partial charge in [-0.3, -0.25) is 4.79 Å². The fourth-order valence-electron chi connectivity index (χ4n) is 4.42. The SMILES string of the molecule is CSc1ccnc(N2CCOC3(CCN(C(=O)Cc4ccc5c(c4)OCO5)CC3)C2)n1. The first-order valence-electron chi connectivity index (χ1n) is 10.6. The highest BCUT2D eigenvalue weighted by Crippen LogP contribution is 2.34. The summed E-state index contributed by atoms with van der Waals surface area (Å²) in [4.78, 5) is 26.2. The second-order valence-corrected chi connectivity index (χ2v) is 8.92. The Morgan fingerprint density at radius 1 is 1.16 bits per heavy atom. The van der Waals surface area contributed by atoms with Gasteiger partial charge in [-0.1, -0.05) is 6.07 Å². The van der Waals surface area contributed by atoms with Gasteiger partial charge >= 0.3 is 0 Å². The molecule has 2 aromatic rings. The third-order valence-electron chi connectivity index (χ3n) is 6.18. The minimum absolute atomic E-state index is 0.136. The predicted octanol–water partition coefficient (Wildman–Crippen LogP) is 2.37. The van der Waals surface area contributed by atoms with E-state index in [0.717, 1.165) is 48.2 Å². The molecule has 8 nitrogen and oxygen atoms in total. The van der Waals surface area contributed by atoms with E-state index in [-0.39, 0.29) is 18.3 Å². The number of amides is 1. The first kappa shape index (κ1) is 20.4. The first-order valence-corrected chi connectivity index (χ1v) is 11.8. The highest BCUT2D eigenvalue weighted by molar-refractivity contribution is 7.98. The van der Waals surface area contributed by atoms with E-state index in [2.05, 4.69) is 14.9 Å². The van der Waals surface area contributed by atoms with Crippen LogP contribution in [0.1, 0.15) is 18.4 Å². The fourth-order valence-corrected chi connectivity index (χ4v) is 4.79. The van der Waals surface area contributed by atoms with Gasteiger partial charge in [0.2, 0.25) is 18.6 Å². The highest BCUT2D eigenvalue weighted by Gasteiger charge is 2.41. The Labute approximate surface area is 185 Å². The minimum atomic E-state index is -0.244. The van der Waals surface area contributed by atoms with E-state index >= 15 is 0 Å². The number of anilines is 1. The van der Waals surface area contributed by atoms with Crippen LogP contribution in [-0.4, -0.2) is 72.2 Å². The van der Waals surface area contributed by atoms with Crippen LogP contribution in [0.15, 0.2) is 35.5 Å². The number of morpholine rings is 1. The molecule has 2 saturated heterocycles. The van der Waals surface area contributed by atoms with E-state index in [0.29, 0.717) is 31.9 Å². The van der Waals surface area contributed by atoms with Crippen molar-refractivity contribution in [1.82, 2.24) is 14.9 Å². The molecule has 1 spiro atoms. The maximum atomic E-state index is 12.9. The lowest BCUT2D eigenvalue weighted by molar-refractivity contribution is -0.138. The number of hydrogen-bond acceptors (Lipinski definition) is 8. The van der Waals surface area contributed by atoms with Gasteiger partial charge in [0, 0.05) is 25.8 Å². The van der Waals surface area contributed by atoms with Gasteiger partial charge in [-0.2, -0.15) is 0 Å². The summed E-state index contributed by atoms with van der Waals surface area (Å²) in [6.07, 6.45) is 5.83. The van der Waals surface area contributed by atoms with Crippen molar-refractivity contribution < 1.29 is 19.0 Å². The van der Waals surface area contributed by atoms with Gasteiger partial charge in [-0.25, -0.2) is 9.97 Å². The molecule has 0 bridgehead atoms. The average Bonchev–Trinajstić information content (AvgIpc) is 3.27. The van der Waals surface area contributed by atoms with Crippen molar-refractivity contribution in [2.45, 2.75) is 29.9 Å². The number of aromatic nitrogens is 2. The van der Waals surface area contributed by atoms with E-state index in [1.807, 2.05) is 41.6 Å². The third-order valence-corrected chi connectivity index (χ3v) is 6.82. The molecule has 2 fully saturated rings. The van der Waals surface area contributed by atoms with Crippen LogP contribution in [0.4, 0.5) is 5.95 Å². The van der Waals surface area contributed by atoms with Gasteiger partial charge in [0.15, 0.2) is 11.5 Å². The minimum Gasteiger partial charge on any atom is -0.454 e. The predicted molar refractivity (Wildman–Crippen MR) is 117 cm³/mol. The lowest BCUT2D eigenvalue weighted by atomic mass is 9.89. The van der Waals surface area contributed by atoms with E-state index in [4.69, 9.17) is 14.2 Å². The molecule has 0 unspecified atom stereocenters. The van der Waals surface area contributed by atoms with Gasteiger partial charge in [-0.05, 0) is 42.9 Å². The van der Waals surface area contributed by atoms with Crippen LogP contribution in [0.5, 0.6) is 11.5 Å². The maximum absolute atomic E-state index is 12.9. The van der Waals surface area contributed by atoms with Gasteiger partial charge in [0.1, 0.15) is 5.03 Å². The molecule has 3 aliphatic rings. The summed E-state index contributed by atoms with van der Waals surface area (Å²) in [6.45, 7) is 3.83. The Morgan fingerprint density at radius 3 is 2.84 bits per heavy atom. The molecular weight excluding hydrogens is 416 g/mol. The monoisotopic (exact) mass is 442 g/mol. The summed E-state index contributed by atoms with van der Waals surface area (Å²) < 4.78 is 17.0. The molecule has 4 heterocycles. The number of rotatable bonds is 4. The van der Waals surface area contributed by atoms with Gasteiger partial charge in [0.05, 0.1) is 25.2 Å². The Kier molecular flexibility index (Phi) is 5.62. The van der Waals surface area contributed by atoms with Crippen LogP contribution in [0.3, 0.4) is 0 Å². The van der Waals surface area contributed by atoms with Crippen molar-refractivity contribution in [3.8, 4) is 11.5 Å². The summed E-state index contributed by atoms with van der Waals surface area (Å²) in [5.74, 6) is 2.35. The number of fused-ring (bicyclic) bond motifs is 1. The van der Waals surface area contributed by atoms with Gasteiger partial charge < -0.3 is 24.0 Å². The van der Waals surface area contributed by atoms with E-state index < -0.39 is 0 Å². The van der Waals surface area contributed by atoms with E-state index in [1.54, 1.807) is 11.8 Å². The molecule has 0 N–H and O–H groups in total. The number of benzene rings is 1. The van der Waals surface area contributed by atoms with Crippen molar-refractivity contribution in [1.29, 1.82) is 0 Å². The zero-order valence-corrected chi connectivity index (χ0v) is 18.4. The second-order valence-electron chi connectivity index (χ2n) is 8.10. The zero-order valence-electron chi connectivity index (χ0n) is 17.6. The highest BCUT2D eigenvalue weighted by atomic mass is 32.2. The molecule has 0 saturated carbocycles. The number of piperidine rings is 1. The molecule has 1 amide bonds. The van der Waals surface area contributed by atoms with Crippen molar-refractivity contribution in [3.05, 3.63) is 36.0 Å². The summed E-state index contributed by atoms with van der Waals surface area (Å²) >= 11 is 1.62. The van der Waals surface area contributed by atoms with Gasteiger partial charge in [0.25, 0.3) is 0 Å². The van der Waals surface area contributed by atoms with Crippen molar-refractivity contribution in [2.24, 2.45) is 0 Å². The molecule has 1 aromatic carbocycles. The smallest absolute Gasteiger partial charge is 0.231 e. The standard InChI is InChI=1S/C22H26N4O4S/c1-31-19-4-7-23-21(24-19)26-10-11-30-22(14-26)5-8-25(9-6-22)20(27)13-16-2-3-17-18(12-16)29-15-28-17/h2-4,7,12H,5-6,8-11,13-15H2,1H3. The molecule has 164 valence electrons. The molecule has 5 rings (SSSR count). The number of thioether (sulfide) groups is 1. The van der Waals surface area contributed by atoms with Gasteiger partial charge in [-0.15, -0.1) is 11.8 Å². The lowest BCUT2D eigenvalue weighted by Crippen LogP contribution is -2.58. The molecule has 1 aromatic heterocycles. The Morgan fingerprint density at radius 2 is 2.00 bits per heavy atom. The summed E-state index contributed by atoms with van der Waals surface area (Å²) in [6, 6.07) is 7.63. The van der Waals surface area contributed by atoms with Crippen LogP contribution in [-0.2, 0) is 16.0 Å². The number of carbonyl (C=O) groups is 1. The number of likely N-dealkylation sites (tertiary alicyclic amines) is 1. The lowest BCUT2D eigenvalue weighted by Gasteiger charge is -2.47. The van der Waals surface area contributed by atoms with Crippen molar-refractivity contribution in [2.75, 3.05) is 50.7 Å². The van der Waals surface area contributed by atoms with Crippen LogP contribution >= 0.6 is 11.8 Å². The second kappa shape index (κ2) is 8.55. The first-order chi connectivity index (χ1) is 15.1. The summed E-state index contributed by atoms with van der Waals surface area (Å²) in [5, 5.41) is 0.967. The molecule has 31 heavy (non-hydrogen) atoms.